The molecule has 7 heterocycles. The highest BCUT2D eigenvalue weighted by atomic mass is 35.5. The predicted molar refractivity (Wildman–Crippen MR) is 403 cm³/mol. The molecule has 6 aromatic rings. The van der Waals surface area contributed by atoms with Crippen LogP contribution in [0.1, 0.15) is 118 Å². The Morgan fingerprint density at radius 3 is 2.15 bits per heavy atom. The predicted octanol–water partition coefficient (Wildman–Crippen LogP) is 10.3. The van der Waals surface area contributed by atoms with E-state index in [4.69, 9.17) is 37.7 Å². The van der Waals surface area contributed by atoms with Gasteiger partial charge in [-0.15, -0.1) is 0 Å². The minimum atomic E-state index is -0.654. The number of piperazine rings is 2. The first-order chi connectivity index (χ1) is 50.5. The summed E-state index contributed by atoms with van der Waals surface area (Å²) in [5.74, 6) is 2.12. The quantitative estimate of drug-likeness (QED) is 0.0443. The number of carbonyl (C=O) groups excluding carboxylic acids is 5. The maximum absolute atomic E-state index is 15.8. The fraction of sp³-hybridized carbons (Fsp3) is 0.494. The molecule has 6 aliphatic heterocycles. The minimum absolute atomic E-state index is 0.00639. The second-order valence-electron chi connectivity index (χ2n) is 30.6. The zero-order valence-corrected chi connectivity index (χ0v) is 62.4. The Morgan fingerprint density at radius 2 is 1.46 bits per heavy atom. The van der Waals surface area contributed by atoms with Gasteiger partial charge >= 0.3 is 6.03 Å². The van der Waals surface area contributed by atoms with Crippen LogP contribution in [0.2, 0.25) is 10.0 Å². The number of aliphatic imine (C=N–C) groups is 1. The number of benzene rings is 5. The number of amidine groups is 1. The normalized spacial score (nSPS) is 21.8. The monoisotopic (exact) mass is 1480 g/mol. The van der Waals surface area contributed by atoms with Crippen molar-refractivity contribution in [2.75, 3.05) is 127 Å². The fourth-order valence-corrected chi connectivity index (χ4v) is 16.4. The molecule has 6 amide bonds. The molecule has 1 spiro atoms. The second kappa shape index (κ2) is 32.6. The number of amides is 6. The number of likely N-dealkylation sites (tertiary alicyclic amines) is 2. The summed E-state index contributed by atoms with van der Waals surface area (Å²) in [5, 5.41) is 13.9. The summed E-state index contributed by atoms with van der Waals surface area (Å²) in [6.07, 6.45) is 7.05. The number of likely N-dealkylation sites (N-methyl/N-ethyl adjacent to an activating group) is 1. The van der Waals surface area contributed by atoms with Crippen LogP contribution in [0.5, 0.6) is 11.5 Å². The second-order valence-corrected chi connectivity index (χ2v) is 31.4. The lowest BCUT2D eigenvalue weighted by molar-refractivity contribution is -0.139. The summed E-state index contributed by atoms with van der Waals surface area (Å²) in [6.45, 7) is 16.5. The topological polar surface area (TPSA) is 216 Å². The van der Waals surface area contributed by atoms with Crippen molar-refractivity contribution in [3.8, 4) is 11.5 Å². The van der Waals surface area contributed by atoms with Gasteiger partial charge in [0.05, 0.1) is 49.1 Å². The SMILES string of the molecule is COc1ccc(C2=N[C@@H](c3ccc(Cl)cc3)[C@@H](c3ccc(Cl)cc3)N2C(=O)N2CCN(CC(=O)NCCN(C)C3C[C@@H]4CN(CCC(=O)NCc5cccc(CNc6cc(N7CCC8(CC7)CN(c7cc(F)c(CN9CCC(C)(C)CC9)cc7F)CC(=O)N8)ncn6)c5)C[C@@H]4C3)C(=O)C2)c(OC(C)C)c1. The lowest BCUT2D eigenvalue weighted by Crippen LogP contribution is -2.66. The Bertz CT molecular complexity index is 4140. The van der Waals surface area contributed by atoms with E-state index in [0.717, 1.165) is 79.9 Å². The Morgan fingerprint density at radius 1 is 0.752 bits per heavy atom. The molecule has 1 unspecified atom stereocenters. The molecule has 0 bridgehead atoms. The van der Waals surface area contributed by atoms with Crippen molar-refractivity contribution in [1.82, 2.24) is 55.3 Å². The summed E-state index contributed by atoms with van der Waals surface area (Å²) >= 11 is 12.8. The molecule has 22 nitrogen and oxygen atoms in total. The first kappa shape index (κ1) is 74.6. The number of carbonyl (C=O) groups is 5. The van der Waals surface area contributed by atoms with Gasteiger partial charge in [-0.2, -0.15) is 0 Å². The number of nitrogens with zero attached hydrogens (tertiary/aromatic N) is 11. The van der Waals surface area contributed by atoms with Crippen molar-refractivity contribution in [3.63, 3.8) is 0 Å². The van der Waals surface area contributed by atoms with Crippen LogP contribution in [0.4, 0.5) is 30.9 Å². The van der Waals surface area contributed by atoms with E-state index in [1.165, 1.54) is 28.3 Å². The smallest absolute Gasteiger partial charge is 0.326 e. The number of ether oxygens (including phenoxy) is 2. The van der Waals surface area contributed by atoms with Gasteiger partial charge in [-0.3, -0.25) is 34.0 Å². The summed E-state index contributed by atoms with van der Waals surface area (Å²) in [4.78, 5) is 99.0. The molecule has 5 saturated heterocycles. The van der Waals surface area contributed by atoms with Gasteiger partial charge in [0, 0.05) is 131 Å². The standard InChI is InChI=1S/C79H97Cl2F2N15O7/c1-51(2)105-67-38-62(104-6)18-19-63(67)76-89-74(54-10-14-59(80)15-11-54)75(55-12-16-60(81)17-13-55)98(76)77(103)96-33-32-95(73(102)48-96)46-71(100)84-25-31-91(5)61-35-56-43-93(44-57(56)36-61)26-20-70(99)86-42-53-9-7-8-52(34-53)41-85-68-40-69(88-50-87-68)94-29-23-79(24-30-94)49-97(47-72(101)90-79)66-39-64(82)58(37-65(66)83)45-92-27-21-78(3,4)22-28-92/h7-19,34,37-40,50-51,56-57,61,74-75H,20-33,35-36,41-49H2,1-6H3,(H,84,100)(H,86,99)(H,90,101)(H,85,87,88)/t56-,57+,61?,74-,75+/m0/s1. The Hall–Kier alpha value is -8.68. The van der Waals surface area contributed by atoms with Gasteiger partial charge in [0.25, 0.3) is 0 Å². The molecule has 558 valence electrons. The molecule has 26 heteroatoms. The maximum Gasteiger partial charge on any atom is 0.326 e. The summed E-state index contributed by atoms with van der Waals surface area (Å²) in [7, 11) is 3.68. The number of hydrogen-bond acceptors (Lipinski definition) is 16. The highest BCUT2D eigenvalue weighted by molar-refractivity contribution is 6.30. The van der Waals surface area contributed by atoms with Crippen LogP contribution in [0, 0.1) is 28.9 Å². The van der Waals surface area contributed by atoms with E-state index in [-0.39, 0.29) is 73.6 Å². The molecule has 1 saturated carbocycles. The van der Waals surface area contributed by atoms with Crippen LogP contribution < -0.4 is 40.5 Å². The van der Waals surface area contributed by atoms with E-state index in [0.29, 0.717) is 140 Å². The van der Waals surface area contributed by atoms with Gasteiger partial charge in [0.15, 0.2) is 0 Å². The van der Waals surface area contributed by atoms with E-state index < -0.39 is 35.3 Å². The number of halogens is 4. The lowest BCUT2D eigenvalue weighted by Gasteiger charge is -2.48. The van der Waals surface area contributed by atoms with E-state index >= 15 is 13.6 Å². The van der Waals surface area contributed by atoms with E-state index in [9.17, 15) is 19.2 Å². The van der Waals surface area contributed by atoms with E-state index in [1.807, 2.05) is 68.4 Å². The van der Waals surface area contributed by atoms with Crippen molar-refractivity contribution in [2.24, 2.45) is 22.2 Å². The minimum Gasteiger partial charge on any atom is -0.497 e. The summed E-state index contributed by atoms with van der Waals surface area (Å²) < 4.78 is 43.4. The molecule has 13 rings (SSSR count). The average molecular weight is 1480 g/mol. The molecule has 1 aliphatic carbocycles. The van der Waals surface area contributed by atoms with Gasteiger partial charge in [-0.25, -0.2) is 23.5 Å². The molecule has 5 aromatic carbocycles. The van der Waals surface area contributed by atoms with Crippen molar-refractivity contribution in [3.05, 3.63) is 171 Å². The van der Waals surface area contributed by atoms with Crippen molar-refractivity contribution >= 4 is 76.0 Å². The third kappa shape index (κ3) is 18.1. The highest BCUT2D eigenvalue weighted by Crippen LogP contribution is 2.47. The average Bonchev–Trinajstić information content (AvgIpc) is 1.72. The molecule has 0 radical (unpaired) electrons. The number of fused-ring (bicyclic) bond motifs is 1. The lowest BCUT2D eigenvalue weighted by atomic mass is 9.82. The molecule has 7 aliphatic rings. The van der Waals surface area contributed by atoms with Crippen LogP contribution in [-0.2, 0) is 38.8 Å². The van der Waals surface area contributed by atoms with E-state index in [2.05, 4.69) is 77.8 Å². The number of urea groups is 1. The summed E-state index contributed by atoms with van der Waals surface area (Å²) in [6, 6.07) is 31.5. The first-order valence-corrected chi connectivity index (χ1v) is 37.7. The first-order valence-electron chi connectivity index (χ1n) is 36.9. The van der Waals surface area contributed by atoms with Gasteiger partial charge in [-0.1, -0.05) is 85.6 Å². The molecule has 4 N–H and O–H groups in total. The molecule has 6 fully saturated rings. The highest BCUT2D eigenvalue weighted by Gasteiger charge is 2.47. The van der Waals surface area contributed by atoms with Crippen LogP contribution in [-0.4, -0.2) is 205 Å². The van der Waals surface area contributed by atoms with Crippen molar-refractivity contribution < 1.29 is 42.2 Å². The van der Waals surface area contributed by atoms with E-state index in [1.54, 1.807) is 53.3 Å². The van der Waals surface area contributed by atoms with Gasteiger partial charge in [-0.05, 0) is 154 Å². The largest absolute Gasteiger partial charge is 0.497 e. The third-order valence-corrected chi connectivity index (χ3v) is 22.7. The Balaban J connectivity index is 0.518. The van der Waals surface area contributed by atoms with Gasteiger partial charge < -0.3 is 60.1 Å². The molecule has 105 heavy (non-hydrogen) atoms. The van der Waals surface area contributed by atoms with Gasteiger partial charge in [0.1, 0.15) is 59.5 Å². The fourth-order valence-electron chi connectivity index (χ4n) is 16.2. The van der Waals surface area contributed by atoms with Crippen LogP contribution >= 0.6 is 23.2 Å². The number of piperidine rings is 2. The number of nitrogens with one attached hydrogen (secondary N) is 4. The van der Waals surface area contributed by atoms with Crippen LogP contribution in [0.25, 0.3) is 0 Å². The van der Waals surface area contributed by atoms with Crippen molar-refractivity contribution in [1.29, 1.82) is 0 Å². The number of hydrogen-bond donors (Lipinski definition) is 4. The molecular formula is C79H97Cl2F2N15O7. The number of rotatable bonds is 24. The third-order valence-electron chi connectivity index (χ3n) is 22.2. The van der Waals surface area contributed by atoms with Crippen LogP contribution in [0.3, 0.4) is 0 Å². The number of methoxy groups -OCH3 is 1. The number of anilines is 3. The molecular weight excluding hydrogens is 1380 g/mol. The van der Waals surface area contributed by atoms with Crippen molar-refractivity contribution in [2.45, 2.75) is 122 Å². The maximum atomic E-state index is 15.8. The zero-order valence-electron chi connectivity index (χ0n) is 60.9. The van der Waals surface area contributed by atoms with Crippen LogP contribution in [0.15, 0.2) is 121 Å². The molecule has 5 atom stereocenters. The number of aromatic nitrogens is 2. The Labute approximate surface area is 624 Å². The summed E-state index contributed by atoms with van der Waals surface area (Å²) in [5.41, 5.74) is 4.31. The zero-order chi connectivity index (χ0) is 73.7. The van der Waals surface area contributed by atoms with Gasteiger partial charge in [0.2, 0.25) is 23.6 Å². The Kier molecular flexibility index (Phi) is 23.1. The molecule has 1 aromatic heterocycles.